The fourth-order valence-electron chi connectivity index (χ4n) is 5.27. The summed E-state index contributed by atoms with van der Waals surface area (Å²) in [7, 11) is 0. The predicted molar refractivity (Wildman–Crippen MR) is 104 cm³/mol. The van der Waals surface area contributed by atoms with Gasteiger partial charge in [0.05, 0.1) is 29.0 Å². The molecule has 7 heteroatoms. The van der Waals surface area contributed by atoms with Gasteiger partial charge in [-0.3, -0.25) is 9.78 Å². The molecule has 1 amide bonds. The van der Waals surface area contributed by atoms with Gasteiger partial charge in [-0.2, -0.15) is 5.26 Å². The molecule has 0 unspecified atom stereocenters. The number of amides is 1. The van der Waals surface area contributed by atoms with Gasteiger partial charge in [0.25, 0.3) is 5.91 Å². The third-order valence-corrected chi connectivity index (χ3v) is 6.24. The number of carbonyl (C=O) groups excluding carboxylic acids is 1. The Kier molecular flexibility index (Phi) is 4.13. The van der Waals surface area contributed by atoms with Crippen LogP contribution in [0, 0.1) is 22.2 Å². The molecule has 144 valence electrons. The van der Waals surface area contributed by atoms with Crippen LogP contribution in [0.2, 0.25) is 5.02 Å². The van der Waals surface area contributed by atoms with Crippen LogP contribution in [0.1, 0.15) is 49.4 Å². The lowest BCUT2D eigenvalue weighted by atomic mass is 9.49. The number of hydrogen-bond acceptors (Lipinski definition) is 5. The highest BCUT2D eigenvalue weighted by molar-refractivity contribution is 6.31. The zero-order valence-electron chi connectivity index (χ0n) is 16.2. The van der Waals surface area contributed by atoms with Gasteiger partial charge in [-0.25, -0.2) is 4.98 Å². The number of pyridine rings is 2. The number of ether oxygens (including phenoxy) is 1. The van der Waals surface area contributed by atoms with Gasteiger partial charge >= 0.3 is 0 Å². The van der Waals surface area contributed by atoms with Crippen molar-refractivity contribution in [1.82, 2.24) is 14.9 Å². The van der Waals surface area contributed by atoms with E-state index in [4.69, 9.17) is 21.6 Å². The standard InChI is InChI=1S/C21H21ClN4O2/c1-20(2)18(26-11-16-13(17(26)27)6-5-7-24-16)21(3,4)19(20)28-12-8-14(22)15(9-23)25-10-12/h5-8,10,18-19H,11H2,1-4H3/t18-,19-. The van der Waals surface area contributed by atoms with E-state index < -0.39 is 0 Å². The molecule has 28 heavy (non-hydrogen) atoms. The molecule has 1 aliphatic heterocycles. The average molecular weight is 397 g/mol. The molecular formula is C21H21ClN4O2. The van der Waals surface area contributed by atoms with Gasteiger partial charge in [-0.05, 0) is 12.1 Å². The molecule has 2 aromatic rings. The van der Waals surface area contributed by atoms with Crippen LogP contribution in [0.4, 0.5) is 0 Å². The molecule has 0 radical (unpaired) electrons. The second kappa shape index (κ2) is 6.18. The Morgan fingerprint density at radius 3 is 2.61 bits per heavy atom. The molecule has 0 bridgehead atoms. The Balaban J connectivity index is 1.60. The molecule has 0 atom stereocenters. The van der Waals surface area contributed by atoms with Crippen LogP contribution >= 0.6 is 11.6 Å². The Morgan fingerprint density at radius 2 is 2.00 bits per heavy atom. The number of hydrogen-bond donors (Lipinski definition) is 0. The molecule has 4 rings (SSSR count). The highest BCUT2D eigenvalue weighted by Gasteiger charge is 2.67. The smallest absolute Gasteiger partial charge is 0.256 e. The van der Waals surface area contributed by atoms with Crippen LogP contribution in [-0.2, 0) is 6.54 Å². The van der Waals surface area contributed by atoms with Crippen LogP contribution in [-0.4, -0.2) is 32.9 Å². The molecule has 0 saturated heterocycles. The fraction of sp³-hybridized carbons (Fsp3) is 0.429. The molecule has 6 nitrogen and oxygen atoms in total. The molecule has 2 aliphatic rings. The van der Waals surface area contributed by atoms with Crippen molar-refractivity contribution in [1.29, 1.82) is 5.26 Å². The van der Waals surface area contributed by atoms with E-state index in [9.17, 15) is 4.79 Å². The van der Waals surface area contributed by atoms with Crippen LogP contribution in [0.25, 0.3) is 0 Å². The summed E-state index contributed by atoms with van der Waals surface area (Å²) in [4.78, 5) is 23.3. The summed E-state index contributed by atoms with van der Waals surface area (Å²) in [5.74, 6) is 0.544. The largest absolute Gasteiger partial charge is 0.487 e. The summed E-state index contributed by atoms with van der Waals surface area (Å²) in [6, 6.07) is 7.19. The number of carbonyl (C=O) groups is 1. The number of fused-ring (bicyclic) bond motifs is 1. The van der Waals surface area contributed by atoms with Crippen LogP contribution in [0.5, 0.6) is 5.75 Å². The molecule has 1 aliphatic carbocycles. The number of aromatic nitrogens is 2. The van der Waals surface area contributed by atoms with Gasteiger partial charge in [0, 0.05) is 29.1 Å². The summed E-state index contributed by atoms with van der Waals surface area (Å²) in [5, 5.41) is 9.26. The highest BCUT2D eigenvalue weighted by Crippen LogP contribution is 2.58. The number of nitriles is 1. The summed E-state index contributed by atoms with van der Waals surface area (Å²) in [6.45, 7) is 8.95. The molecule has 3 heterocycles. The van der Waals surface area contributed by atoms with Crippen molar-refractivity contribution in [2.75, 3.05) is 0 Å². The van der Waals surface area contributed by atoms with E-state index in [-0.39, 0.29) is 39.6 Å². The monoisotopic (exact) mass is 396 g/mol. The first-order valence-corrected chi connectivity index (χ1v) is 9.53. The van der Waals surface area contributed by atoms with Gasteiger partial charge < -0.3 is 9.64 Å². The fourth-order valence-corrected chi connectivity index (χ4v) is 5.47. The third-order valence-electron chi connectivity index (χ3n) is 5.95. The minimum absolute atomic E-state index is 0.00601. The SMILES string of the molecule is CC1(C)[C@H](Oc2cnc(C#N)c(Cl)c2)C(C)(C)[C@H]1N1Cc2ncccc2C1=O. The summed E-state index contributed by atoms with van der Waals surface area (Å²) < 4.78 is 6.25. The number of halogens is 1. The molecule has 2 aromatic heterocycles. The lowest BCUT2D eigenvalue weighted by Crippen LogP contribution is -2.74. The van der Waals surface area contributed by atoms with Crippen molar-refractivity contribution in [2.45, 2.75) is 46.4 Å². The van der Waals surface area contributed by atoms with Crippen molar-refractivity contribution >= 4 is 17.5 Å². The predicted octanol–water partition coefficient (Wildman–Crippen LogP) is 3.84. The van der Waals surface area contributed by atoms with Crippen LogP contribution < -0.4 is 4.74 Å². The summed E-state index contributed by atoms with van der Waals surface area (Å²) >= 11 is 6.09. The lowest BCUT2D eigenvalue weighted by molar-refractivity contribution is -0.199. The second-order valence-electron chi connectivity index (χ2n) is 8.59. The van der Waals surface area contributed by atoms with Crippen molar-refractivity contribution in [3.05, 3.63) is 52.6 Å². The van der Waals surface area contributed by atoms with E-state index in [1.54, 1.807) is 18.3 Å². The van der Waals surface area contributed by atoms with Gasteiger partial charge in [-0.1, -0.05) is 39.3 Å². The molecule has 1 fully saturated rings. The molecule has 1 saturated carbocycles. The Morgan fingerprint density at radius 1 is 1.29 bits per heavy atom. The second-order valence-corrected chi connectivity index (χ2v) is 8.99. The maximum atomic E-state index is 13.0. The lowest BCUT2D eigenvalue weighted by Gasteiger charge is -2.65. The van der Waals surface area contributed by atoms with E-state index >= 15 is 0 Å². The van der Waals surface area contributed by atoms with Gasteiger partial charge in [0.1, 0.15) is 17.9 Å². The van der Waals surface area contributed by atoms with E-state index in [1.807, 2.05) is 17.0 Å². The van der Waals surface area contributed by atoms with E-state index in [0.717, 1.165) is 5.69 Å². The first kappa shape index (κ1) is 18.7. The van der Waals surface area contributed by atoms with Gasteiger partial charge in [0.15, 0.2) is 5.69 Å². The first-order chi connectivity index (χ1) is 13.2. The first-order valence-electron chi connectivity index (χ1n) is 9.15. The van der Waals surface area contributed by atoms with Crippen molar-refractivity contribution in [3.8, 4) is 11.8 Å². The molecule has 0 aromatic carbocycles. The molecular weight excluding hydrogens is 376 g/mol. The maximum absolute atomic E-state index is 13.0. The molecule has 0 N–H and O–H groups in total. The number of nitrogens with zero attached hydrogens (tertiary/aromatic N) is 4. The Hall–Kier alpha value is -2.65. The topological polar surface area (TPSA) is 79.1 Å². The van der Waals surface area contributed by atoms with Crippen LogP contribution in [0.3, 0.4) is 0 Å². The maximum Gasteiger partial charge on any atom is 0.256 e. The summed E-state index contributed by atoms with van der Waals surface area (Å²) in [5.41, 5.74) is 1.10. The van der Waals surface area contributed by atoms with E-state index in [2.05, 4.69) is 37.7 Å². The van der Waals surface area contributed by atoms with E-state index in [0.29, 0.717) is 17.9 Å². The van der Waals surface area contributed by atoms with Crippen LogP contribution in [0.15, 0.2) is 30.6 Å². The van der Waals surface area contributed by atoms with Crippen molar-refractivity contribution in [2.24, 2.45) is 10.8 Å². The summed E-state index contributed by atoms with van der Waals surface area (Å²) in [6.07, 6.45) is 3.09. The minimum atomic E-state index is -0.290. The quantitative estimate of drug-likeness (QED) is 0.787. The van der Waals surface area contributed by atoms with Crippen molar-refractivity contribution < 1.29 is 9.53 Å². The zero-order chi connectivity index (χ0) is 20.3. The van der Waals surface area contributed by atoms with Gasteiger partial charge in [0.2, 0.25) is 0 Å². The molecule has 0 spiro atoms. The third kappa shape index (κ3) is 2.57. The Labute approximate surface area is 169 Å². The Bertz CT molecular complexity index is 996. The normalized spacial score (nSPS) is 24.3. The average Bonchev–Trinajstić information content (AvgIpc) is 2.95. The van der Waals surface area contributed by atoms with E-state index in [1.165, 1.54) is 6.20 Å². The zero-order valence-corrected chi connectivity index (χ0v) is 17.0. The number of rotatable bonds is 3. The minimum Gasteiger partial charge on any atom is -0.487 e. The van der Waals surface area contributed by atoms with Crippen molar-refractivity contribution in [3.63, 3.8) is 0 Å². The van der Waals surface area contributed by atoms with Gasteiger partial charge in [-0.15, -0.1) is 0 Å². The highest BCUT2D eigenvalue weighted by atomic mass is 35.5.